The molecule has 1 aromatic carbocycles. The molecule has 1 saturated carbocycles. The van der Waals surface area contributed by atoms with Gasteiger partial charge in [-0.15, -0.1) is 0 Å². The van der Waals surface area contributed by atoms with Gasteiger partial charge >= 0.3 is 0 Å². The lowest BCUT2D eigenvalue weighted by Crippen LogP contribution is -2.35. The van der Waals surface area contributed by atoms with Crippen molar-refractivity contribution >= 4 is 5.91 Å². The number of benzene rings is 1. The summed E-state index contributed by atoms with van der Waals surface area (Å²) in [5.41, 5.74) is 3.44. The molecular weight excluding hydrogens is 353 g/mol. The summed E-state index contributed by atoms with van der Waals surface area (Å²) in [7, 11) is 0. The second-order valence-corrected chi connectivity index (χ2v) is 8.21. The SMILES string of the molecule is Cc1ccc(C(=O)NCc2ccc(F)cc2)c(C2CCN(CC3CC3)CC2)n1. The van der Waals surface area contributed by atoms with Crippen LogP contribution in [-0.4, -0.2) is 35.4 Å². The number of carbonyl (C=O) groups is 1. The van der Waals surface area contributed by atoms with Crippen LogP contribution in [0.4, 0.5) is 4.39 Å². The summed E-state index contributed by atoms with van der Waals surface area (Å²) in [5.74, 6) is 0.878. The molecule has 1 N–H and O–H groups in total. The zero-order chi connectivity index (χ0) is 19.5. The maximum absolute atomic E-state index is 13.0. The number of hydrogen-bond acceptors (Lipinski definition) is 3. The van der Waals surface area contributed by atoms with Gasteiger partial charge in [-0.1, -0.05) is 12.1 Å². The minimum Gasteiger partial charge on any atom is -0.348 e. The number of nitrogens with one attached hydrogen (secondary N) is 1. The predicted molar refractivity (Wildman–Crippen MR) is 108 cm³/mol. The Morgan fingerprint density at radius 1 is 1.11 bits per heavy atom. The number of amides is 1. The molecular formula is C23H28FN3O. The van der Waals surface area contributed by atoms with Crippen LogP contribution in [0, 0.1) is 18.7 Å². The molecule has 2 aliphatic rings. The number of aryl methyl sites for hydroxylation is 1. The highest BCUT2D eigenvalue weighted by Crippen LogP contribution is 2.34. The van der Waals surface area contributed by atoms with Crippen LogP contribution in [0.15, 0.2) is 36.4 Å². The topological polar surface area (TPSA) is 45.2 Å². The summed E-state index contributed by atoms with van der Waals surface area (Å²) < 4.78 is 13.0. The highest BCUT2D eigenvalue weighted by atomic mass is 19.1. The molecule has 1 aromatic heterocycles. The molecule has 1 amide bonds. The lowest BCUT2D eigenvalue weighted by atomic mass is 9.89. The van der Waals surface area contributed by atoms with Crippen LogP contribution < -0.4 is 5.32 Å². The fourth-order valence-electron chi connectivity index (χ4n) is 4.01. The number of nitrogens with zero attached hydrogens (tertiary/aromatic N) is 2. The summed E-state index contributed by atoms with van der Waals surface area (Å²) in [4.78, 5) is 20.2. The first-order valence-electron chi connectivity index (χ1n) is 10.3. The van der Waals surface area contributed by atoms with Gasteiger partial charge in [0, 0.05) is 24.7 Å². The third-order valence-electron chi connectivity index (χ3n) is 5.86. The van der Waals surface area contributed by atoms with Crippen molar-refractivity contribution in [3.05, 3.63) is 64.7 Å². The fraction of sp³-hybridized carbons (Fsp3) is 0.478. The average Bonchev–Trinajstić information content (AvgIpc) is 3.52. The standard InChI is InChI=1S/C23H28FN3O/c1-16-2-9-21(23(28)25-14-17-5-7-20(24)8-6-17)22(26-16)19-10-12-27(13-11-19)15-18-3-4-18/h2,5-9,18-19H,3-4,10-15H2,1H3,(H,25,28). The number of pyridine rings is 1. The second kappa shape index (κ2) is 8.39. The Balaban J connectivity index is 1.42. The van der Waals surface area contributed by atoms with Crippen LogP contribution in [0.2, 0.25) is 0 Å². The zero-order valence-corrected chi connectivity index (χ0v) is 16.5. The smallest absolute Gasteiger partial charge is 0.253 e. The van der Waals surface area contributed by atoms with E-state index in [2.05, 4.69) is 10.2 Å². The maximum atomic E-state index is 13.0. The van der Waals surface area contributed by atoms with E-state index in [0.717, 1.165) is 48.8 Å². The summed E-state index contributed by atoms with van der Waals surface area (Å²) in [6.07, 6.45) is 4.89. The van der Waals surface area contributed by atoms with E-state index in [1.165, 1.54) is 31.5 Å². The van der Waals surface area contributed by atoms with Crippen molar-refractivity contribution in [3.8, 4) is 0 Å². The van der Waals surface area contributed by atoms with Crippen molar-refractivity contribution in [2.45, 2.75) is 45.1 Å². The van der Waals surface area contributed by atoms with Gasteiger partial charge in [0.15, 0.2) is 0 Å². The molecule has 2 heterocycles. The molecule has 4 nitrogen and oxygen atoms in total. The van der Waals surface area contributed by atoms with Crippen LogP contribution in [0.25, 0.3) is 0 Å². The molecule has 0 spiro atoms. The molecule has 2 aromatic rings. The van der Waals surface area contributed by atoms with Gasteiger partial charge in [0.05, 0.1) is 11.3 Å². The van der Waals surface area contributed by atoms with E-state index in [4.69, 9.17) is 4.98 Å². The normalized spacial score (nSPS) is 18.2. The first-order chi connectivity index (χ1) is 13.6. The molecule has 1 aliphatic heterocycles. The lowest BCUT2D eigenvalue weighted by Gasteiger charge is -2.32. The Morgan fingerprint density at radius 3 is 2.50 bits per heavy atom. The lowest BCUT2D eigenvalue weighted by molar-refractivity contribution is 0.0948. The van der Waals surface area contributed by atoms with Crippen LogP contribution in [0.5, 0.6) is 0 Å². The monoisotopic (exact) mass is 381 g/mol. The molecule has 148 valence electrons. The number of hydrogen-bond donors (Lipinski definition) is 1. The molecule has 0 bridgehead atoms. The zero-order valence-electron chi connectivity index (χ0n) is 16.5. The van der Waals surface area contributed by atoms with E-state index in [-0.39, 0.29) is 11.7 Å². The van der Waals surface area contributed by atoms with E-state index in [1.807, 2.05) is 19.1 Å². The van der Waals surface area contributed by atoms with Crippen molar-refractivity contribution in [2.24, 2.45) is 5.92 Å². The third kappa shape index (κ3) is 4.76. The number of carbonyl (C=O) groups excluding carboxylic acids is 1. The Bertz CT molecular complexity index is 824. The summed E-state index contributed by atoms with van der Waals surface area (Å²) in [6, 6.07) is 10.0. The van der Waals surface area contributed by atoms with Gasteiger partial charge in [-0.25, -0.2) is 4.39 Å². The number of piperidine rings is 1. The third-order valence-corrected chi connectivity index (χ3v) is 5.86. The van der Waals surface area contributed by atoms with Crippen LogP contribution in [-0.2, 0) is 6.54 Å². The van der Waals surface area contributed by atoms with Gasteiger partial charge in [0.25, 0.3) is 5.91 Å². The quantitative estimate of drug-likeness (QED) is 0.821. The number of likely N-dealkylation sites (tertiary alicyclic amines) is 1. The van der Waals surface area contributed by atoms with E-state index in [1.54, 1.807) is 12.1 Å². The predicted octanol–water partition coefficient (Wildman–Crippen LogP) is 4.05. The van der Waals surface area contributed by atoms with Crippen molar-refractivity contribution in [3.63, 3.8) is 0 Å². The highest BCUT2D eigenvalue weighted by Gasteiger charge is 2.29. The first kappa shape index (κ1) is 19.1. The molecule has 0 unspecified atom stereocenters. The van der Waals surface area contributed by atoms with Crippen molar-refractivity contribution in [2.75, 3.05) is 19.6 Å². The van der Waals surface area contributed by atoms with Gasteiger partial charge in [0.2, 0.25) is 0 Å². The molecule has 5 heteroatoms. The largest absolute Gasteiger partial charge is 0.348 e. The minimum atomic E-state index is -0.270. The van der Waals surface area contributed by atoms with Crippen molar-refractivity contribution in [1.29, 1.82) is 0 Å². The Hall–Kier alpha value is -2.27. The van der Waals surface area contributed by atoms with E-state index >= 15 is 0 Å². The van der Waals surface area contributed by atoms with E-state index < -0.39 is 0 Å². The van der Waals surface area contributed by atoms with E-state index in [0.29, 0.717) is 18.0 Å². The van der Waals surface area contributed by atoms with Gasteiger partial charge in [-0.2, -0.15) is 0 Å². The van der Waals surface area contributed by atoms with Gasteiger partial charge in [0.1, 0.15) is 5.82 Å². The van der Waals surface area contributed by atoms with Crippen LogP contribution in [0.3, 0.4) is 0 Å². The summed E-state index contributed by atoms with van der Waals surface area (Å²) in [6.45, 7) is 5.78. The molecule has 4 rings (SSSR count). The van der Waals surface area contributed by atoms with Crippen LogP contribution >= 0.6 is 0 Å². The maximum Gasteiger partial charge on any atom is 0.253 e. The number of rotatable bonds is 6. The second-order valence-electron chi connectivity index (χ2n) is 8.21. The van der Waals surface area contributed by atoms with Crippen LogP contribution in [0.1, 0.15) is 58.9 Å². The first-order valence-corrected chi connectivity index (χ1v) is 10.3. The molecule has 1 aliphatic carbocycles. The van der Waals surface area contributed by atoms with E-state index in [9.17, 15) is 9.18 Å². The summed E-state index contributed by atoms with van der Waals surface area (Å²) >= 11 is 0. The average molecular weight is 381 g/mol. The van der Waals surface area contributed by atoms with Crippen molar-refractivity contribution < 1.29 is 9.18 Å². The molecule has 1 saturated heterocycles. The number of halogens is 1. The molecule has 2 fully saturated rings. The van der Waals surface area contributed by atoms with Gasteiger partial charge < -0.3 is 10.2 Å². The molecule has 28 heavy (non-hydrogen) atoms. The Labute approximate surface area is 166 Å². The minimum absolute atomic E-state index is 0.104. The van der Waals surface area contributed by atoms with Gasteiger partial charge in [-0.05, 0) is 81.4 Å². The van der Waals surface area contributed by atoms with Gasteiger partial charge in [-0.3, -0.25) is 9.78 Å². The molecule has 0 atom stereocenters. The fourth-order valence-corrected chi connectivity index (χ4v) is 4.01. The summed E-state index contributed by atoms with van der Waals surface area (Å²) in [5, 5.41) is 2.96. The Kier molecular flexibility index (Phi) is 5.72. The molecule has 0 radical (unpaired) electrons. The number of aromatic nitrogens is 1. The van der Waals surface area contributed by atoms with Crippen molar-refractivity contribution in [1.82, 2.24) is 15.2 Å². The Morgan fingerprint density at radius 2 is 1.82 bits per heavy atom. The highest BCUT2D eigenvalue weighted by molar-refractivity contribution is 5.95.